The van der Waals surface area contributed by atoms with Crippen LogP contribution >= 0.6 is 0 Å². The molecule has 0 spiro atoms. The van der Waals surface area contributed by atoms with Gasteiger partial charge >= 0.3 is 0 Å². The van der Waals surface area contributed by atoms with Crippen LogP contribution in [0.25, 0.3) is 0 Å². The molecule has 2 aliphatic rings. The topological polar surface area (TPSA) is 21.7 Å². The lowest BCUT2D eigenvalue weighted by molar-refractivity contribution is -0.235. The van der Waals surface area contributed by atoms with Crippen molar-refractivity contribution in [1.82, 2.24) is 4.90 Å². The lowest BCUT2D eigenvalue weighted by Gasteiger charge is -2.28. The second-order valence-electron chi connectivity index (χ2n) is 3.85. The van der Waals surface area contributed by atoms with Crippen molar-refractivity contribution < 1.29 is 9.47 Å². The molecule has 0 aliphatic carbocycles. The Kier molecular flexibility index (Phi) is 2.86. The zero-order valence-electron chi connectivity index (χ0n) is 8.42. The maximum atomic E-state index is 5.71. The summed E-state index contributed by atoms with van der Waals surface area (Å²) < 4.78 is 11.4. The number of hydrogen-bond acceptors (Lipinski definition) is 3. The highest BCUT2D eigenvalue weighted by atomic mass is 16.7. The van der Waals surface area contributed by atoms with Crippen LogP contribution in [0.4, 0.5) is 0 Å². The summed E-state index contributed by atoms with van der Waals surface area (Å²) in [7, 11) is 0. The largest absolute Gasteiger partial charge is 0.336 e. The summed E-state index contributed by atoms with van der Waals surface area (Å²) in [5.41, 5.74) is 0. The van der Waals surface area contributed by atoms with Crippen LogP contribution in [0, 0.1) is 0 Å². The van der Waals surface area contributed by atoms with Gasteiger partial charge in [0.1, 0.15) is 0 Å². The molecule has 13 heavy (non-hydrogen) atoms. The van der Waals surface area contributed by atoms with Gasteiger partial charge in [0.05, 0.1) is 13.2 Å². The third-order valence-corrected chi connectivity index (χ3v) is 2.96. The van der Waals surface area contributed by atoms with Gasteiger partial charge in [0.15, 0.2) is 0 Å². The zero-order valence-corrected chi connectivity index (χ0v) is 8.42. The maximum Gasteiger partial charge on any atom is 0.230 e. The van der Waals surface area contributed by atoms with E-state index in [0.29, 0.717) is 0 Å². The van der Waals surface area contributed by atoms with Crippen molar-refractivity contribution in [2.75, 3.05) is 26.3 Å². The van der Waals surface area contributed by atoms with Gasteiger partial charge in [-0.1, -0.05) is 19.8 Å². The quantitative estimate of drug-likeness (QED) is 0.621. The number of unbranched alkanes of at least 4 members (excludes halogenated alkanes) is 2. The van der Waals surface area contributed by atoms with Gasteiger partial charge in [-0.25, -0.2) is 4.90 Å². The summed E-state index contributed by atoms with van der Waals surface area (Å²) in [6.07, 6.45) is 4.80. The molecule has 0 N–H and O–H groups in total. The minimum atomic E-state index is -0.310. The van der Waals surface area contributed by atoms with Crippen molar-refractivity contribution in [3.63, 3.8) is 0 Å². The van der Waals surface area contributed by atoms with Crippen molar-refractivity contribution in [3.05, 3.63) is 0 Å². The Hall–Kier alpha value is -0.120. The van der Waals surface area contributed by atoms with Crippen molar-refractivity contribution in [1.29, 1.82) is 0 Å². The van der Waals surface area contributed by atoms with E-state index in [9.17, 15) is 0 Å². The van der Waals surface area contributed by atoms with Crippen LogP contribution in [0.5, 0.6) is 0 Å². The van der Waals surface area contributed by atoms with Crippen LogP contribution in [-0.4, -0.2) is 37.1 Å². The van der Waals surface area contributed by atoms with Gasteiger partial charge < -0.3 is 9.47 Å². The predicted molar refractivity (Wildman–Crippen MR) is 50.4 cm³/mol. The van der Waals surface area contributed by atoms with Crippen molar-refractivity contribution in [2.24, 2.45) is 0 Å². The van der Waals surface area contributed by atoms with E-state index >= 15 is 0 Å². The fourth-order valence-corrected chi connectivity index (χ4v) is 2.21. The van der Waals surface area contributed by atoms with E-state index < -0.39 is 0 Å². The van der Waals surface area contributed by atoms with Crippen molar-refractivity contribution >= 4 is 0 Å². The molecule has 0 unspecified atom stereocenters. The molecule has 2 saturated heterocycles. The second kappa shape index (κ2) is 3.95. The first kappa shape index (κ1) is 9.44. The molecule has 2 rings (SSSR count). The molecule has 0 aromatic heterocycles. The van der Waals surface area contributed by atoms with Crippen LogP contribution in [0.3, 0.4) is 0 Å². The number of nitrogens with zero attached hydrogens (tertiary/aromatic N) is 1. The third-order valence-electron chi connectivity index (χ3n) is 2.96. The summed E-state index contributed by atoms with van der Waals surface area (Å²) >= 11 is 0. The molecule has 2 heterocycles. The van der Waals surface area contributed by atoms with Gasteiger partial charge in [-0.2, -0.15) is 0 Å². The Labute approximate surface area is 80.0 Å². The molecule has 2 aliphatic heterocycles. The molecule has 0 bridgehead atoms. The fourth-order valence-electron chi connectivity index (χ4n) is 2.21. The SMILES string of the molecule is CCCCCC12OCCN1CCO2. The molecule has 0 aromatic rings. The Morgan fingerprint density at radius 3 is 2.46 bits per heavy atom. The van der Waals surface area contributed by atoms with E-state index in [-0.39, 0.29) is 5.91 Å². The van der Waals surface area contributed by atoms with E-state index in [1.54, 1.807) is 0 Å². The molecular formula is C10H19NO2. The first-order valence-corrected chi connectivity index (χ1v) is 5.40. The van der Waals surface area contributed by atoms with Gasteiger partial charge in [0.2, 0.25) is 5.91 Å². The molecule has 0 saturated carbocycles. The van der Waals surface area contributed by atoms with E-state index in [0.717, 1.165) is 32.7 Å². The fraction of sp³-hybridized carbons (Fsp3) is 1.00. The Bertz CT molecular complexity index is 162. The average Bonchev–Trinajstić information content (AvgIpc) is 2.63. The van der Waals surface area contributed by atoms with E-state index in [1.165, 1.54) is 19.3 Å². The summed E-state index contributed by atoms with van der Waals surface area (Å²) in [5.74, 6) is -0.310. The van der Waals surface area contributed by atoms with E-state index in [1.807, 2.05) is 0 Å². The molecule has 3 nitrogen and oxygen atoms in total. The summed E-state index contributed by atoms with van der Waals surface area (Å²) in [5, 5.41) is 0. The first-order chi connectivity index (χ1) is 6.37. The molecule has 0 amide bonds. The average molecular weight is 185 g/mol. The summed E-state index contributed by atoms with van der Waals surface area (Å²) in [4.78, 5) is 2.34. The van der Waals surface area contributed by atoms with Crippen LogP contribution in [0.2, 0.25) is 0 Å². The normalized spacial score (nSPS) is 26.5. The Balaban J connectivity index is 1.86. The van der Waals surface area contributed by atoms with Gasteiger partial charge in [-0.3, -0.25) is 0 Å². The third kappa shape index (κ3) is 1.73. The lowest BCUT2D eigenvalue weighted by Crippen LogP contribution is -2.40. The Morgan fingerprint density at radius 2 is 1.85 bits per heavy atom. The highest BCUT2D eigenvalue weighted by molar-refractivity contribution is 4.82. The molecule has 0 aromatic carbocycles. The smallest absolute Gasteiger partial charge is 0.230 e. The molecule has 0 radical (unpaired) electrons. The van der Waals surface area contributed by atoms with Crippen LogP contribution in [-0.2, 0) is 9.47 Å². The van der Waals surface area contributed by atoms with Gasteiger partial charge in [-0.05, 0) is 6.42 Å². The van der Waals surface area contributed by atoms with Crippen LogP contribution < -0.4 is 0 Å². The summed E-state index contributed by atoms with van der Waals surface area (Å²) in [6.45, 7) is 6.00. The van der Waals surface area contributed by atoms with E-state index in [4.69, 9.17) is 9.47 Å². The maximum absolute atomic E-state index is 5.71. The van der Waals surface area contributed by atoms with Gasteiger partial charge in [0, 0.05) is 19.5 Å². The predicted octanol–water partition coefficient (Wildman–Crippen LogP) is 1.58. The standard InChI is InChI=1S/C10H19NO2/c1-2-3-4-5-10-11(6-8-12-10)7-9-13-10/h2-9H2,1H3. The number of hydrogen-bond donors (Lipinski definition) is 0. The minimum Gasteiger partial charge on any atom is -0.336 e. The molecule has 0 atom stereocenters. The zero-order chi connectivity index (χ0) is 9.15. The number of rotatable bonds is 4. The highest BCUT2D eigenvalue weighted by Crippen LogP contribution is 2.33. The molecular weight excluding hydrogens is 166 g/mol. The van der Waals surface area contributed by atoms with Crippen LogP contribution in [0.1, 0.15) is 32.6 Å². The van der Waals surface area contributed by atoms with Crippen molar-refractivity contribution in [3.8, 4) is 0 Å². The summed E-state index contributed by atoms with van der Waals surface area (Å²) in [6, 6.07) is 0. The minimum absolute atomic E-state index is 0.310. The van der Waals surface area contributed by atoms with Crippen LogP contribution in [0.15, 0.2) is 0 Å². The Morgan fingerprint density at radius 1 is 1.15 bits per heavy atom. The molecule has 3 heteroatoms. The monoisotopic (exact) mass is 185 g/mol. The highest BCUT2D eigenvalue weighted by Gasteiger charge is 2.46. The van der Waals surface area contributed by atoms with Crippen molar-refractivity contribution in [2.45, 2.75) is 38.5 Å². The number of fused-ring (bicyclic) bond motifs is 1. The van der Waals surface area contributed by atoms with E-state index in [2.05, 4.69) is 11.8 Å². The first-order valence-electron chi connectivity index (χ1n) is 5.40. The molecule has 76 valence electrons. The number of ether oxygens (including phenoxy) is 2. The van der Waals surface area contributed by atoms with Gasteiger partial charge in [-0.15, -0.1) is 0 Å². The molecule has 2 fully saturated rings. The van der Waals surface area contributed by atoms with Gasteiger partial charge in [0.25, 0.3) is 0 Å². The second-order valence-corrected chi connectivity index (χ2v) is 3.85. The lowest BCUT2D eigenvalue weighted by atomic mass is 10.1.